The minimum absolute atomic E-state index is 0.640. The van der Waals surface area contributed by atoms with Crippen molar-refractivity contribution < 1.29 is 14.6 Å². The third kappa shape index (κ3) is 2.60. The highest BCUT2D eigenvalue weighted by Gasteiger charge is 2.13. The fourth-order valence-electron chi connectivity index (χ4n) is 1.60. The Labute approximate surface area is 104 Å². The van der Waals surface area contributed by atoms with Gasteiger partial charge in [0.1, 0.15) is 17.6 Å². The maximum atomic E-state index is 10.2. The van der Waals surface area contributed by atoms with E-state index in [2.05, 4.69) is 0 Å². The van der Waals surface area contributed by atoms with Crippen LogP contribution in [0.2, 0.25) is 0 Å². The maximum Gasteiger partial charge on any atom is 0.122 e. The van der Waals surface area contributed by atoms with Gasteiger partial charge in [-0.15, -0.1) is 11.3 Å². The van der Waals surface area contributed by atoms with Gasteiger partial charge >= 0.3 is 0 Å². The molecule has 1 heterocycles. The molecule has 0 amide bonds. The van der Waals surface area contributed by atoms with Crippen LogP contribution in [-0.4, -0.2) is 19.3 Å². The smallest absolute Gasteiger partial charge is 0.122 e. The minimum Gasteiger partial charge on any atom is -0.497 e. The molecule has 17 heavy (non-hydrogen) atoms. The molecule has 0 aliphatic carbocycles. The number of thiophene rings is 1. The summed E-state index contributed by atoms with van der Waals surface area (Å²) in [4.78, 5) is 0.903. The van der Waals surface area contributed by atoms with Crippen molar-refractivity contribution in [3.8, 4) is 11.5 Å². The van der Waals surface area contributed by atoms with Gasteiger partial charge in [0.25, 0.3) is 0 Å². The molecule has 1 aromatic carbocycles. The highest BCUT2D eigenvalue weighted by molar-refractivity contribution is 7.10. The molecule has 0 fully saturated rings. The number of benzene rings is 1. The number of aliphatic hydroxyl groups excluding tert-OH is 1. The van der Waals surface area contributed by atoms with Crippen LogP contribution in [0.3, 0.4) is 0 Å². The van der Waals surface area contributed by atoms with Gasteiger partial charge in [0.05, 0.1) is 14.2 Å². The van der Waals surface area contributed by atoms with Crippen molar-refractivity contribution in [3.05, 3.63) is 46.2 Å². The molecule has 0 saturated heterocycles. The van der Waals surface area contributed by atoms with Crippen LogP contribution in [0.4, 0.5) is 0 Å². The third-order valence-corrected chi connectivity index (χ3v) is 3.43. The summed E-state index contributed by atoms with van der Waals surface area (Å²) < 4.78 is 10.4. The summed E-state index contributed by atoms with van der Waals surface area (Å²) in [5.74, 6) is 1.35. The van der Waals surface area contributed by atoms with Crippen LogP contribution >= 0.6 is 11.3 Å². The van der Waals surface area contributed by atoms with Gasteiger partial charge in [0.15, 0.2) is 0 Å². The molecule has 4 heteroatoms. The Morgan fingerprint density at radius 1 is 1.12 bits per heavy atom. The molecule has 3 nitrogen and oxygen atoms in total. The van der Waals surface area contributed by atoms with Gasteiger partial charge in [0, 0.05) is 10.9 Å². The summed E-state index contributed by atoms with van der Waals surface area (Å²) in [6.45, 7) is 0. The number of hydrogen-bond donors (Lipinski definition) is 1. The number of methoxy groups -OCH3 is 2. The summed E-state index contributed by atoms with van der Waals surface area (Å²) >= 11 is 1.52. The van der Waals surface area contributed by atoms with E-state index in [-0.39, 0.29) is 0 Å². The second-order valence-electron chi connectivity index (χ2n) is 3.56. The normalized spacial score (nSPS) is 12.2. The van der Waals surface area contributed by atoms with Crippen LogP contribution in [0.25, 0.3) is 0 Å². The minimum atomic E-state index is -0.640. The van der Waals surface area contributed by atoms with Crippen molar-refractivity contribution in [1.82, 2.24) is 0 Å². The monoisotopic (exact) mass is 250 g/mol. The zero-order valence-electron chi connectivity index (χ0n) is 9.71. The van der Waals surface area contributed by atoms with E-state index in [9.17, 15) is 5.11 Å². The maximum absolute atomic E-state index is 10.2. The van der Waals surface area contributed by atoms with Gasteiger partial charge in [-0.2, -0.15) is 0 Å². The Morgan fingerprint density at radius 2 is 1.76 bits per heavy atom. The van der Waals surface area contributed by atoms with Gasteiger partial charge < -0.3 is 14.6 Å². The lowest BCUT2D eigenvalue weighted by atomic mass is 10.1. The van der Waals surface area contributed by atoms with E-state index in [1.54, 1.807) is 20.3 Å². The largest absolute Gasteiger partial charge is 0.497 e. The Kier molecular flexibility index (Phi) is 3.66. The van der Waals surface area contributed by atoms with Crippen molar-refractivity contribution >= 4 is 11.3 Å². The van der Waals surface area contributed by atoms with Gasteiger partial charge in [-0.1, -0.05) is 6.07 Å². The standard InChI is InChI=1S/C13H14O3S/c1-15-10-6-9(7-11(8-10)16-2)13(14)12-4-3-5-17-12/h3-8,13-14H,1-2H3. The van der Waals surface area contributed by atoms with Crippen molar-refractivity contribution in [2.45, 2.75) is 6.10 Å². The Morgan fingerprint density at radius 3 is 2.24 bits per heavy atom. The number of ether oxygens (including phenoxy) is 2. The molecular formula is C13H14O3S. The van der Waals surface area contributed by atoms with Crippen LogP contribution in [0.15, 0.2) is 35.7 Å². The number of aliphatic hydroxyl groups is 1. The SMILES string of the molecule is COc1cc(OC)cc(C(O)c2cccs2)c1. The first kappa shape index (κ1) is 12.0. The lowest BCUT2D eigenvalue weighted by Gasteiger charge is -2.12. The molecule has 1 unspecified atom stereocenters. The van der Waals surface area contributed by atoms with Crippen molar-refractivity contribution in [3.63, 3.8) is 0 Å². The summed E-state index contributed by atoms with van der Waals surface area (Å²) in [5, 5.41) is 12.2. The van der Waals surface area contributed by atoms with Crippen LogP contribution in [-0.2, 0) is 0 Å². The first-order valence-electron chi connectivity index (χ1n) is 5.19. The number of rotatable bonds is 4. The van der Waals surface area contributed by atoms with E-state index >= 15 is 0 Å². The van der Waals surface area contributed by atoms with Crippen molar-refractivity contribution in [1.29, 1.82) is 0 Å². The van der Waals surface area contributed by atoms with E-state index in [1.165, 1.54) is 11.3 Å². The van der Waals surface area contributed by atoms with Crippen molar-refractivity contribution in [2.75, 3.05) is 14.2 Å². The lowest BCUT2D eigenvalue weighted by Crippen LogP contribution is -1.99. The molecule has 0 spiro atoms. The molecule has 1 aromatic heterocycles. The Balaban J connectivity index is 2.37. The van der Waals surface area contributed by atoms with Gasteiger partial charge in [-0.05, 0) is 29.1 Å². The fourth-order valence-corrected chi connectivity index (χ4v) is 2.33. The predicted molar refractivity (Wildman–Crippen MR) is 67.9 cm³/mol. The average Bonchev–Trinajstić information content (AvgIpc) is 2.91. The zero-order chi connectivity index (χ0) is 12.3. The summed E-state index contributed by atoms with van der Waals surface area (Å²) in [5.41, 5.74) is 0.767. The number of hydrogen-bond acceptors (Lipinski definition) is 4. The van der Waals surface area contributed by atoms with E-state index in [1.807, 2.05) is 29.6 Å². The van der Waals surface area contributed by atoms with Gasteiger partial charge in [-0.25, -0.2) is 0 Å². The van der Waals surface area contributed by atoms with Gasteiger partial charge in [0.2, 0.25) is 0 Å². The molecule has 2 rings (SSSR count). The van der Waals surface area contributed by atoms with Crippen LogP contribution in [0.1, 0.15) is 16.5 Å². The van der Waals surface area contributed by atoms with Crippen molar-refractivity contribution in [2.24, 2.45) is 0 Å². The first-order chi connectivity index (χ1) is 8.24. The molecule has 0 radical (unpaired) electrons. The van der Waals surface area contributed by atoms with Crippen LogP contribution < -0.4 is 9.47 Å². The van der Waals surface area contributed by atoms with E-state index in [0.717, 1.165) is 10.4 Å². The highest BCUT2D eigenvalue weighted by Crippen LogP contribution is 2.31. The topological polar surface area (TPSA) is 38.7 Å². The molecule has 0 bridgehead atoms. The molecule has 0 aliphatic heterocycles. The van der Waals surface area contributed by atoms with E-state index in [4.69, 9.17) is 9.47 Å². The van der Waals surface area contributed by atoms with Crippen LogP contribution in [0, 0.1) is 0 Å². The summed E-state index contributed by atoms with van der Waals surface area (Å²) in [6, 6.07) is 9.23. The predicted octanol–water partition coefficient (Wildman–Crippen LogP) is 2.85. The summed E-state index contributed by atoms with van der Waals surface area (Å²) in [6.07, 6.45) is -0.640. The average molecular weight is 250 g/mol. The quantitative estimate of drug-likeness (QED) is 0.906. The molecule has 0 aliphatic rings. The molecule has 1 N–H and O–H groups in total. The van der Waals surface area contributed by atoms with Crippen LogP contribution in [0.5, 0.6) is 11.5 Å². The Bertz CT molecular complexity index is 457. The molecule has 1 atom stereocenters. The lowest BCUT2D eigenvalue weighted by molar-refractivity contribution is 0.223. The first-order valence-corrected chi connectivity index (χ1v) is 6.07. The third-order valence-electron chi connectivity index (χ3n) is 2.50. The second kappa shape index (κ2) is 5.21. The van der Waals surface area contributed by atoms with E-state index < -0.39 is 6.10 Å². The molecular weight excluding hydrogens is 236 g/mol. The van der Waals surface area contributed by atoms with Gasteiger partial charge in [-0.3, -0.25) is 0 Å². The zero-order valence-corrected chi connectivity index (χ0v) is 10.5. The molecule has 0 saturated carbocycles. The second-order valence-corrected chi connectivity index (χ2v) is 4.54. The highest BCUT2D eigenvalue weighted by atomic mass is 32.1. The molecule has 90 valence electrons. The van der Waals surface area contributed by atoms with E-state index in [0.29, 0.717) is 11.5 Å². The Hall–Kier alpha value is -1.52. The summed E-state index contributed by atoms with van der Waals surface area (Å²) in [7, 11) is 3.19. The molecule has 2 aromatic rings. The fraction of sp³-hybridized carbons (Fsp3) is 0.231.